The molecule has 1 aromatic carbocycles. The van der Waals surface area contributed by atoms with Crippen LogP contribution < -0.4 is 10.2 Å². The number of benzene rings is 1. The van der Waals surface area contributed by atoms with E-state index >= 15 is 0 Å². The molecular weight excluding hydrogens is 374 g/mol. The molecule has 1 unspecified atom stereocenters. The third-order valence-corrected chi connectivity index (χ3v) is 7.42. The van der Waals surface area contributed by atoms with Crippen molar-refractivity contribution in [3.63, 3.8) is 0 Å². The highest BCUT2D eigenvalue weighted by atomic mass is 16.2. The highest BCUT2D eigenvalue weighted by Gasteiger charge is 2.38. The first kappa shape index (κ1) is 21.4. The Morgan fingerprint density at radius 3 is 2.47 bits per heavy atom. The second-order valence-corrected chi connectivity index (χ2v) is 9.62. The minimum atomic E-state index is -0.215. The fraction of sp³-hybridized carbons (Fsp3) is 0.680. The first-order chi connectivity index (χ1) is 14.5. The third kappa shape index (κ3) is 4.56. The van der Waals surface area contributed by atoms with Gasteiger partial charge in [0.05, 0.1) is 11.4 Å². The highest BCUT2D eigenvalue weighted by Crippen LogP contribution is 2.37. The predicted octanol–water partition coefficient (Wildman–Crippen LogP) is 5.11. The summed E-state index contributed by atoms with van der Waals surface area (Å²) in [6.45, 7) is 4.54. The molecule has 0 aromatic heterocycles. The molecular formula is C25H37N3O2. The van der Waals surface area contributed by atoms with E-state index in [0.29, 0.717) is 18.1 Å². The molecule has 4 rings (SSSR count). The van der Waals surface area contributed by atoms with E-state index in [4.69, 9.17) is 0 Å². The van der Waals surface area contributed by atoms with Crippen LogP contribution in [0.15, 0.2) is 24.3 Å². The zero-order chi connectivity index (χ0) is 21.1. The minimum absolute atomic E-state index is 0.0673. The number of carbonyl (C=O) groups is 2. The first-order valence-electron chi connectivity index (χ1n) is 12.0. The molecule has 2 aliphatic heterocycles. The van der Waals surface area contributed by atoms with E-state index in [1.165, 1.54) is 57.8 Å². The van der Waals surface area contributed by atoms with Gasteiger partial charge in [-0.25, -0.2) is 0 Å². The molecule has 1 saturated heterocycles. The van der Waals surface area contributed by atoms with E-state index in [1.54, 1.807) is 0 Å². The molecule has 1 saturated carbocycles. The van der Waals surface area contributed by atoms with Crippen LogP contribution in [0.25, 0.3) is 0 Å². The second kappa shape index (κ2) is 9.51. The zero-order valence-electron chi connectivity index (χ0n) is 18.6. The maximum Gasteiger partial charge on any atom is 0.236 e. The van der Waals surface area contributed by atoms with Crippen LogP contribution in [0.3, 0.4) is 0 Å². The molecule has 5 heteroatoms. The number of carbonyl (C=O) groups excluding carboxylic acids is 2. The van der Waals surface area contributed by atoms with E-state index in [1.807, 2.05) is 29.2 Å². The summed E-state index contributed by atoms with van der Waals surface area (Å²) in [6.07, 6.45) is 12.8. The number of rotatable bonds is 4. The summed E-state index contributed by atoms with van der Waals surface area (Å²) in [4.78, 5) is 29.8. The van der Waals surface area contributed by atoms with Crippen LogP contribution in [0.5, 0.6) is 0 Å². The molecule has 0 radical (unpaired) electrons. The van der Waals surface area contributed by atoms with Crippen molar-refractivity contribution in [3.8, 4) is 0 Å². The molecule has 1 aliphatic carbocycles. The lowest BCUT2D eigenvalue weighted by Crippen LogP contribution is -2.47. The molecule has 0 bridgehead atoms. The van der Waals surface area contributed by atoms with Gasteiger partial charge in [0.15, 0.2) is 0 Å². The van der Waals surface area contributed by atoms with Crippen LogP contribution in [0.1, 0.15) is 84.5 Å². The Kier molecular flexibility index (Phi) is 6.77. The van der Waals surface area contributed by atoms with E-state index < -0.39 is 0 Å². The molecule has 0 spiro atoms. The van der Waals surface area contributed by atoms with Gasteiger partial charge in [-0.2, -0.15) is 0 Å². The van der Waals surface area contributed by atoms with E-state index in [0.717, 1.165) is 17.8 Å². The largest absolute Gasteiger partial charge is 0.324 e. The number of amides is 2. The zero-order valence-corrected chi connectivity index (χ0v) is 18.6. The summed E-state index contributed by atoms with van der Waals surface area (Å²) >= 11 is 0. The topological polar surface area (TPSA) is 52.7 Å². The smallest absolute Gasteiger partial charge is 0.236 e. The van der Waals surface area contributed by atoms with Crippen molar-refractivity contribution in [3.05, 3.63) is 24.3 Å². The number of hydrogen-bond donors (Lipinski definition) is 1. The lowest BCUT2D eigenvalue weighted by atomic mass is 9.93. The van der Waals surface area contributed by atoms with Crippen LogP contribution >= 0.6 is 0 Å². The summed E-state index contributed by atoms with van der Waals surface area (Å²) < 4.78 is 0. The van der Waals surface area contributed by atoms with Gasteiger partial charge >= 0.3 is 0 Å². The van der Waals surface area contributed by atoms with Gasteiger partial charge in [0.25, 0.3) is 0 Å². The fourth-order valence-corrected chi connectivity index (χ4v) is 6.05. The van der Waals surface area contributed by atoms with Crippen molar-refractivity contribution in [2.75, 3.05) is 10.2 Å². The van der Waals surface area contributed by atoms with Crippen LogP contribution in [0, 0.1) is 0 Å². The lowest BCUT2D eigenvalue weighted by Gasteiger charge is -2.40. The molecule has 1 aromatic rings. The van der Waals surface area contributed by atoms with Crippen LogP contribution in [0.2, 0.25) is 0 Å². The van der Waals surface area contributed by atoms with Crippen LogP contribution in [-0.4, -0.2) is 40.9 Å². The maximum atomic E-state index is 13.0. The fourth-order valence-electron chi connectivity index (χ4n) is 6.05. The molecule has 164 valence electrons. The Hall–Kier alpha value is -1.88. The number of para-hydroxylation sites is 2. The number of likely N-dealkylation sites (tertiary alicyclic amines) is 1. The molecule has 30 heavy (non-hydrogen) atoms. The Labute approximate surface area is 181 Å². The predicted molar refractivity (Wildman–Crippen MR) is 122 cm³/mol. The van der Waals surface area contributed by atoms with Crippen LogP contribution in [-0.2, 0) is 9.59 Å². The van der Waals surface area contributed by atoms with E-state index in [2.05, 4.69) is 24.1 Å². The number of fused-ring (bicyclic) bond motifs is 1. The quantitative estimate of drug-likeness (QED) is 0.701. The number of anilines is 2. The van der Waals surface area contributed by atoms with Crippen molar-refractivity contribution < 1.29 is 9.59 Å². The molecule has 3 atom stereocenters. The Morgan fingerprint density at radius 1 is 1.00 bits per heavy atom. The maximum absolute atomic E-state index is 13.0. The number of nitrogens with one attached hydrogen (secondary N) is 1. The Morgan fingerprint density at radius 2 is 1.70 bits per heavy atom. The van der Waals surface area contributed by atoms with Crippen LogP contribution in [0.4, 0.5) is 11.4 Å². The van der Waals surface area contributed by atoms with Gasteiger partial charge < -0.3 is 10.2 Å². The summed E-state index contributed by atoms with van der Waals surface area (Å²) in [5.74, 6) is -0.304. The SMILES string of the molecule is CC1CC[C@@H](C[C@H](C)N2C(=O)CC(=O)Nc3ccccc32)N1C1CCCCCCC1. The standard InChI is InChI=1S/C25H37N3O2/c1-18-14-15-21(27(18)20-10-6-4-3-5-7-11-20)16-19(2)28-23-13-9-8-12-22(23)26-24(29)17-25(28)30/h8-9,12-13,18-21H,3-7,10-11,14-17H2,1-2H3,(H,26,29)/t18?,19-,21-/m0/s1. The average Bonchev–Trinajstić information content (AvgIpc) is 2.96. The summed E-state index contributed by atoms with van der Waals surface area (Å²) in [5.41, 5.74) is 1.58. The summed E-state index contributed by atoms with van der Waals surface area (Å²) in [6, 6.07) is 9.61. The highest BCUT2D eigenvalue weighted by molar-refractivity contribution is 6.14. The lowest BCUT2D eigenvalue weighted by molar-refractivity contribution is -0.125. The monoisotopic (exact) mass is 411 g/mol. The van der Waals surface area contributed by atoms with Gasteiger partial charge in [0, 0.05) is 24.2 Å². The molecule has 5 nitrogen and oxygen atoms in total. The average molecular weight is 412 g/mol. The van der Waals surface area contributed by atoms with Crippen molar-refractivity contribution in [2.45, 2.75) is 109 Å². The summed E-state index contributed by atoms with van der Waals surface area (Å²) in [7, 11) is 0. The van der Waals surface area contributed by atoms with Gasteiger partial charge in [0.2, 0.25) is 11.8 Å². The normalized spacial score (nSPS) is 27.7. The van der Waals surface area contributed by atoms with Gasteiger partial charge in [0.1, 0.15) is 6.42 Å². The molecule has 3 aliphatic rings. The minimum Gasteiger partial charge on any atom is -0.324 e. The van der Waals surface area contributed by atoms with Gasteiger partial charge in [-0.05, 0) is 58.1 Å². The van der Waals surface area contributed by atoms with E-state index in [-0.39, 0.29) is 24.3 Å². The van der Waals surface area contributed by atoms with Gasteiger partial charge in [-0.15, -0.1) is 0 Å². The summed E-state index contributed by atoms with van der Waals surface area (Å²) in [5, 5.41) is 2.90. The van der Waals surface area contributed by atoms with Crippen molar-refractivity contribution in [2.24, 2.45) is 0 Å². The first-order valence-corrected chi connectivity index (χ1v) is 12.0. The van der Waals surface area contributed by atoms with Gasteiger partial charge in [-0.3, -0.25) is 14.5 Å². The molecule has 2 amide bonds. The van der Waals surface area contributed by atoms with Crippen molar-refractivity contribution in [1.82, 2.24) is 4.90 Å². The second-order valence-electron chi connectivity index (χ2n) is 9.62. The molecule has 2 heterocycles. The Bertz CT molecular complexity index is 757. The molecule has 1 N–H and O–H groups in total. The number of nitrogens with zero attached hydrogens (tertiary/aromatic N) is 2. The van der Waals surface area contributed by atoms with Gasteiger partial charge in [-0.1, -0.05) is 44.2 Å². The van der Waals surface area contributed by atoms with Crippen molar-refractivity contribution in [1.29, 1.82) is 0 Å². The van der Waals surface area contributed by atoms with Crippen molar-refractivity contribution >= 4 is 23.2 Å². The number of hydrogen-bond acceptors (Lipinski definition) is 3. The third-order valence-electron chi connectivity index (χ3n) is 7.42. The Balaban J connectivity index is 1.52. The van der Waals surface area contributed by atoms with E-state index in [9.17, 15) is 9.59 Å². The molecule has 2 fully saturated rings.